The summed E-state index contributed by atoms with van der Waals surface area (Å²) in [6, 6.07) is 8.36. The average Bonchev–Trinajstić information content (AvgIpc) is 3.34. The number of hydrogen-bond acceptors (Lipinski definition) is 4. The van der Waals surface area contributed by atoms with Crippen molar-refractivity contribution in [3.8, 4) is 11.4 Å². The number of carbonyl (C=O) groups is 1. The maximum Gasteiger partial charge on any atom is 0.322 e. The third-order valence-corrected chi connectivity index (χ3v) is 5.05. The fourth-order valence-corrected chi connectivity index (χ4v) is 3.47. The van der Waals surface area contributed by atoms with Crippen molar-refractivity contribution in [3.05, 3.63) is 65.1 Å². The number of likely N-dealkylation sites (tertiary alicyclic amines) is 1. The molecule has 1 aromatic heterocycles. The summed E-state index contributed by atoms with van der Waals surface area (Å²) in [5, 5.41) is 6.76. The van der Waals surface area contributed by atoms with Crippen LogP contribution < -0.4 is 5.32 Å². The summed E-state index contributed by atoms with van der Waals surface area (Å²) < 4.78 is 32.5. The molecule has 1 unspecified atom stereocenters. The Kier molecular flexibility index (Phi) is 5.00. The van der Waals surface area contributed by atoms with E-state index in [4.69, 9.17) is 4.52 Å². The van der Waals surface area contributed by atoms with Gasteiger partial charge in [0.1, 0.15) is 17.7 Å². The van der Waals surface area contributed by atoms with Crippen LogP contribution in [0.5, 0.6) is 0 Å². The lowest BCUT2D eigenvalue weighted by Crippen LogP contribution is -2.34. The Morgan fingerprint density at radius 2 is 2.03 bits per heavy atom. The van der Waals surface area contributed by atoms with Crippen LogP contribution in [0.15, 0.2) is 40.9 Å². The maximum absolute atomic E-state index is 14.0. The van der Waals surface area contributed by atoms with E-state index in [2.05, 4.69) is 15.5 Å². The van der Waals surface area contributed by atoms with Gasteiger partial charge in [-0.05, 0) is 56.0 Å². The van der Waals surface area contributed by atoms with E-state index < -0.39 is 17.7 Å². The van der Waals surface area contributed by atoms with Crippen molar-refractivity contribution in [2.45, 2.75) is 32.7 Å². The lowest BCUT2D eigenvalue weighted by atomic mass is 10.1. The van der Waals surface area contributed by atoms with E-state index in [0.29, 0.717) is 13.0 Å². The third kappa shape index (κ3) is 3.83. The Labute approximate surface area is 166 Å². The van der Waals surface area contributed by atoms with Gasteiger partial charge in [0.25, 0.3) is 0 Å². The molecule has 1 aliphatic heterocycles. The maximum atomic E-state index is 14.0. The fourth-order valence-electron chi connectivity index (χ4n) is 3.47. The summed E-state index contributed by atoms with van der Waals surface area (Å²) in [6.07, 6.45) is 1.45. The number of benzene rings is 2. The van der Waals surface area contributed by atoms with Gasteiger partial charge in [-0.2, -0.15) is 4.98 Å². The molecule has 0 aliphatic carbocycles. The topological polar surface area (TPSA) is 71.3 Å². The van der Waals surface area contributed by atoms with Gasteiger partial charge in [0.05, 0.1) is 5.56 Å². The molecule has 2 aromatic carbocycles. The van der Waals surface area contributed by atoms with Gasteiger partial charge in [-0.15, -0.1) is 0 Å². The van der Waals surface area contributed by atoms with Gasteiger partial charge >= 0.3 is 6.03 Å². The normalized spacial score (nSPS) is 16.3. The number of amides is 2. The van der Waals surface area contributed by atoms with Crippen LogP contribution in [0, 0.1) is 25.5 Å². The van der Waals surface area contributed by atoms with E-state index in [9.17, 15) is 13.6 Å². The zero-order valence-corrected chi connectivity index (χ0v) is 16.1. The van der Waals surface area contributed by atoms with E-state index in [1.807, 2.05) is 32.0 Å². The minimum atomic E-state index is -0.770. The van der Waals surface area contributed by atoms with Gasteiger partial charge in [0.15, 0.2) is 0 Å². The highest BCUT2D eigenvalue weighted by molar-refractivity contribution is 5.90. The summed E-state index contributed by atoms with van der Waals surface area (Å²) in [4.78, 5) is 18.8. The Morgan fingerprint density at radius 1 is 1.21 bits per heavy atom. The minimum Gasteiger partial charge on any atom is -0.337 e. The van der Waals surface area contributed by atoms with Gasteiger partial charge in [-0.3, -0.25) is 0 Å². The summed E-state index contributed by atoms with van der Waals surface area (Å²) in [5.41, 5.74) is 2.81. The highest BCUT2D eigenvalue weighted by atomic mass is 19.1. The van der Waals surface area contributed by atoms with Crippen molar-refractivity contribution in [3.63, 3.8) is 0 Å². The quantitative estimate of drug-likeness (QED) is 0.674. The number of halogens is 2. The number of urea groups is 1. The molecule has 0 bridgehead atoms. The van der Waals surface area contributed by atoms with Crippen LogP contribution in [-0.2, 0) is 0 Å². The molecule has 0 spiro atoms. The summed E-state index contributed by atoms with van der Waals surface area (Å²) >= 11 is 0. The number of nitrogens with zero attached hydrogens (tertiary/aromatic N) is 3. The first-order chi connectivity index (χ1) is 13.9. The smallest absolute Gasteiger partial charge is 0.322 e. The lowest BCUT2D eigenvalue weighted by Gasteiger charge is -2.23. The Bertz CT molecular complexity index is 1070. The fraction of sp³-hybridized carbons (Fsp3) is 0.286. The predicted octanol–water partition coefficient (Wildman–Crippen LogP) is 5.00. The van der Waals surface area contributed by atoms with Crippen molar-refractivity contribution in [2.24, 2.45) is 0 Å². The first-order valence-corrected chi connectivity index (χ1v) is 9.36. The molecule has 1 atom stereocenters. The van der Waals surface area contributed by atoms with E-state index in [1.54, 1.807) is 4.90 Å². The molecule has 0 saturated carbocycles. The molecule has 1 aliphatic rings. The molecule has 1 saturated heterocycles. The average molecular weight is 398 g/mol. The third-order valence-electron chi connectivity index (χ3n) is 5.05. The van der Waals surface area contributed by atoms with Crippen molar-refractivity contribution in [1.82, 2.24) is 15.0 Å². The molecule has 4 rings (SSSR count). The molecule has 0 radical (unpaired) electrons. The van der Waals surface area contributed by atoms with Crippen molar-refractivity contribution in [1.29, 1.82) is 0 Å². The summed E-state index contributed by atoms with van der Waals surface area (Å²) in [7, 11) is 0. The van der Waals surface area contributed by atoms with Crippen LogP contribution >= 0.6 is 0 Å². The minimum absolute atomic E-state index is 0.0271. The van der Waals surface area contributed by atoms with Crippen LogP contribution in [-0.4, -0.2) is 27.6 Å². The number of hydrogen-bond donors (Lipinski definition) is 1. The molecule has 3 aromatic rings. The first kappa shape index (κ1) is 19.0. The number of rotatable bonds is 3. The monoisotopic (exact) mass is 398 g/mol. The van der Waals surface area contributed by atoms with E-state index in [1.165, 1.54) is 6.07 Å². The van der Waals surface area contributed by atoms with E-state index in [-0.39, 0.29) is 23.3 Å². The summed E-state index contributed by atoms with van der Waals surface area (Å²) in [6.45, 7) is 4.43. The molecule has 2 amide bonds. The Balaban J connectivity index is 1.55. The Morgan fingerprint density at radius 3 is 2.83 bits per heavy atom. The molecule has 1 N–H and O–H groups in total. The number of anilines is 1. The Hall–Kier alpha value is -3.29. The van der Waals surface area contributed by atoms with Gasteiger partial charge in [0.2, 0.25) is 11.7 Å². The second kappa shape index (κ2) is 7.62. The first-order valence-electron chi connectivity index (χ1n) is 9.36. The molecule has 8 heteroatoms. The van der Waals surface area contributed by atoms with Gasteiger partial charge in [-0.25, -0.2) is 13.6 Å². The van der Waals surface area contributed by atoms with Gasteiger partial charge < -0.3 is 14.7 Å². The molecular formula is C21H20F2N4O2. The molecule has 6 nitrogen and oxygen atoms in total. The highest BCUT2D eigenvalue weighted by Crippen LogP contribution is 2.33. The lowest BCUT2D eigenvalue weighted by molar-refractivity contribution is 0.193. The standard InChI is InChI=1S/C21H20F2N4O2/c1-12-5-6-13(2)17(10-12)24-21(28)27-9-3-4-18(27)20-25-19(26-29-20)15-8-7-14(22)11-16(15)23/h5-8,10-11,18H,3-4,9H2,1-2H3,(H,24,28). The number of aromatic nitrogens is 2. The van der Waals surface area contributed by atoms with Crippen LogP contribution in [0.2, 0.25) is 0 Å². The van der Waals surface area contributed by atoms with Gasteiger partial charge in [-0.1, -0.05) is 17.3 Å². The van der Waals surface area contributed by atoms with Crippen LogP contribution in [0.3, 0.4) is 0 Å². The van der Waals surface area contributed by atoms with E-state index >= 15 is 0 Å². The molecule has 2 heterocycles. The van der Waals surface area contributed by atoms with Crippen molar-refractivity contribution >= 4 is 11.7 Å². The van der Waals surface area contributed by atoms with Crippen molar-refractivity contribution in [2.75, 3.05) is 11.9 Å². The molecular weight excluding hydrogens is 378 g/mol. The van der Waals surface area contributed by atoms with E-state index in [0.717, 1.165) is 35.4 Å². The number of carbonyl (C=O) groups excluding carboxylic acids is 1. The highest BCUT2D eigenvalue weighted by Gasteiger charge is 2.34. The zero-order valence-electron chi connectivity index (χ0n) is 16.1. The van der Waals surface area contributed by atoms with Crippen LogP contribution in [0.1, 0.15) is 35.9 Å². The zero-order chi connectivity index (χ0) is 20.5. The van der Waals surface area contributed by atoms with Crippen LogP contribution in [0.4, 0.5) is 19.3 Å². The van der Waals surface area contributed by atoms with Crippen LogP contribution in [0.25, 0.3) is 11.4 Å². The molecule has 29 heavy (non-hydrogen) atoms. The summed E-state index contributed by atoms with van der Waals surface area (Å²) in [5.74, 6) is -1.19. The SMILES string of the molecule is Cc1ccc(C)c(NC(=O)N2CCCC2c2nc(-c3ccc(F)cc3F)no2)c1. The van der Waals surface area contributed by atoms with Crippen molar-refractivity contribution < 1.29 is 18.1 Å². The largest absolute Gasteiger partial charge is 0.337 e. The number of nitrogens with one attached hydrogen (secondary N) is 1. The second-order valence-corrected chi connectivity index (χ2v) is 7.18. The predicted molar refractivity (Wildman–Crippen MR) is 103 cm³/mol. The number of aryl methyl sites for hydroxylation is 2. The van der Waals surface area contributed by atoms with Gasteiger partial charge in [0, 0.05) is 18.3 Å². The molecule has 1 fully saturated rings. The second-order valence-electron chi connectivity index (χ2n) is 7.18. The molecule has 150 valence electrons.